The average Bonchev–Trinajstić information content (AvgIpc) is 3.25. The molecule has 0 spiro atoms. The lowest BCUT2D eigenvalue weighted by atomic mass is 10.1. The third kappa shape index (κ3) is 4.21. The van der Waals surface area contributed by atoms with Crippen LogP contribution in [0.4, 0.5) is 8.78 Å². The van der Waals surface area contributed by atoms with Crippen LogP contribution < -0.4 is 5.56 Å². The van der Waals surface area contributed by atoms with Gasteiger partial charge in [0.25, 0.3) is 5.56 Å². The lowest BCUT2D eigenvalue weighted by Crippen LogP contribution is -2.22. The molecule has 2 heterocycles. The smallest absolute Gasteiger partial charge is 0.338 e. The molecule has 0 unspecified atom stereocenters. The number of aryl methyl sites for hydroxylation is 1. The zero-order chi connectivity index (χ0) is 25.4. The molecule has 0 saturated heterocycles. The molecule has 0 aliphatic carbocycles. The summed E-state index contributed by atoms with van der Waals surface area (Å²) in [5, 5.41) is 0. The van der Waals surface area contributed by atoms with Crippen LogP contribution in [0.5, 0.6) is 0 Å². The van der Waals surface area contributed by atoms with Gasteiger partial charge in [0.1, 0.15) is 5.69 Å². The number of Topliss-reactive ketones (excluding diaryl/α,β-unsaturated/α-hetero) is 1. The molecular formula is C26H23F2N3O4. The predicted octanol–water partition coefficient (Wildman–Crippen LogP) is 4.21. The van der Waals surface area contributed by atoms with E-state index in [-0.39, 0.29) is 16.7 Å². The first-order valence-corrected chi connectivity index (χ1v) is 10.8. The zero-order valence-corrected chi connectivity index (χ0v) is 19.6. The number of ketones is 1. The fourth-order valence-corrected chi connectivity index (χ4v) is 4.12. The number of ether oxygens (including phenoxy) is 1. The van der Waals surface area contributed by atoms with E-state index in [2.05, 4.69) is 0 Å². The molecule has 0 atom stereocenters. The number of rotatable bonds is 6. The van der Waals surface area contributed by atoms with Crippen LogP contribution in [0.1, 0.15) is 37.8 Å². The minimum Gasteiger partial charge on any atom is -0.454 e. The highest BCUT2D eigenvalue weighted by Gasteiger charge is 2.24. The summed E-state index contributed by atoms with van der Waals surface area (Å²) in [4.78, 5) is 38.5. The molecule has 0 bridgehead atoms. The van der Waals surface area contributed by atoms with E-state index in [1.807, 2.05) is 37.3 Å². The van der Waals surface area contributed by atoms with Gasteiger partial charge >= 0.3 is 5.97 Å². The molecule has 2 aromatic heterocycles. The van der Waals surface area contributed by atoms with Gasteiger partial charge in [-0.15, -0.1) is 0 Å². The van der Waals surface area contributed by atoms with Gasteiger partial charge in [0.15, 0.2) is 18.2 Å². The molecule has 0 fully saturated rings. The fourth-order valence-electron chi connectivity index (χ4n) is 4.12. The Kier molecular flexibility index (Phi) is 6.26. The van der Waals surface area contributed by atoms with E-state index in [1.54, 1.807) is 40.9 Å². The van der Waals surface area contributed by atoms with Crippen molar-refractivity contribution >= 4 is 11.8 Å². The number of benzene rings is 2. The van der Waals surface area contributed by atoms with E-state index in [0.29, 0.717) is 34.5 Å². The summed E-state index contributed by atoms with van der Waals surface area (Å²) in [7, 11) is 1.78. The summed E-state index contributed by atoms with van der Waals surface area (Å²) in [6, 6.07) is 13.4. The van der Waals surface area contributed by atoms with Crippen LogP contribution in [0.2, 0.25) is 0 Å². The van der Waals surface area contributed by atoms with E-state index < -0.39 is 30.0 Å². The van der Waals surface area contributed by atoms with E-state index >= 15 is 0 Å². The highest BCUT2D eigenvalue weighted by Crippen LogP contribution is 2.23. The number of carbonyl (C=O) groups excluding carboxylic acids is 2. The number of esters is 1. The summed E-state index contributed by atoms with van der Waals surface area (Å²) in [5.41, 5.74) is 2.82. The van der Waals surface area contributed by atoms with Gasteiger partial charge in [-0.1, -0.05) is 18.2 Å². The predicted molar refractivity (Wildman–Crippen MR) is 126 cm³/mol. The van der Waals surface area contributed by atoms with E-state index in [4.69, 9.17) is 4.74 Å². The van der Waals surface area contributed by atoms with Gasteiger partial charge in [-0.3, -0.25) is 14.3 Å². The molecule has 0 N–H and O–H groups in total. The van der Waals surface area contributed by atoms with Crippen LogP contribution in [-0.2, 0) is 11.8 Å². The van der Waals surface area contributed by atoms with Gasteiger partial charge in [0.05, 0.1) is 16.9 Å². The molecule has 4 aromatic rings. The lowest BCUT2D eigenvalue weighted by molar-refractivity contribution is 0.0474. The Bertz CT molecular complexity index is 1510. The van der Waals surface area contributed by atoms with Gasteiger partial charge in [0, 0.05) is 24.0 Å². The van der Waals surface area contributed by atoms with Crippen LogP contribution in [0.3, 0.4) is 0 Å². The molecule has 4 rings (SSSR count). The minimum atomic E-state index is -1.19. The Balaban J connectivity index is 1.64. The number of nitrogens with zero attached hydrogens (tertiary/aromatic N) is 3. The second-order valence-corrected chi connectivity index (χ2v) is 8.16. The second kappa shape index (κ2) is 9.17. The molecular weight excluding hydrogens is 456 g/mol. The zero-order valence-electron chi connectivity index (χ0n) is 19.6. The highest BCUT2D eigenvalue weighted by molar-refractivity contribution is 6.00. The average molecular weight is 479 g/mol. The summed E-state index contributed by atoms with van der Waals surface area (Å²) in [5.74, 6) is -3.71. The van der Waals surface area contributed by atoms with Crippen LogP contribution >= 0.6 is 0 Å². The van der Waals surface area contributed by atoms with E-state index in [9.17, 15) is 23.2 Å². The Morgan fingerprint density at radius 3 is 2.26 bits per heavy atom. The Morgan fingerprint density at radius 2 is 1.60 bits per heavy atom. The van der Waals surface area contributed by atoms with Gasteiger partial charge in [-0.05, 0) is 57.2 Å². The molecule has 0 aliphatic heterocycles. The molecule has 9 heteroatoms. The maximum absolute atomic E-state index is 13.4. The van der Waals surface area contributed by atoms with Crippen molar-refractivity contribution in [1.29, 1.82) is 0 Å². The van der Waals surface area contributed by atoms with Gasteiger partial charge in [0.2, 0.25) is 5.78 Å². The summed E-state index contributed by atoms with van der Waals surface area (Å²) >= 11 is 0. The van der Waals surface area contributed by atoms with Crippen LogP contribution in [0.25, 0.3) is 11.4 Å². The molecule has 0 saturated carbocycles. The van der Waals surface area contributed by atoms with Gasteiger partial charge in [-0.25, -0.2) is 18.3 Å². The quantitative estimate of drug-likeness (QED) is 0.307. The largest absolute Gasteiger partial charge is 0.454 e. The summed E-state index contributed by atoms with van der Waals surface area (Å²) in [6.07, 6.45) is 0. The molecule has 0 radical (unpaired) electrons. The first kappa shape index (κ1) is 23.9. The van der Waals surface area contributed by atoms with E-state index in [0.717, 1.165) is 12.1 Å². The van der Waals surface area contributed by atoms with Crippen molar-refractivity contribution in [2.75, 3.05) is 6.61 Å². The number of halogens is 2. The van der Waals surface area contributed by atoms with Crippen LogP contribution in [0.15, 0.2) is 59.4 Å². The minimum absolute atomic E-state index is 0.205. The number of para-hydroxylation sites is 1. The van der Waals surface area contributed by atoms with Crippen molar-refractivity contribution in [1.82, 2.24) is 13.9 Å². The van der Waals surface area contributed by atoms with Crippen LogP contribution in [0, 0.1) is 32.4 Å². The first-order valence-electron chi connectivity index (χ1n) is 10.8. The molecule has 2 aromatic carbocycles. The number of hydrogen-bond donors (Lipinski definition) is 0. The fraction of sp³-hybridized carbons (Fsp3) is 0.192. The summed E-state index contributed by atoms with van der Waals surface area (Å²) in [6.45, 7) is 4.70. The third-order valence-electron chi connectivity index (χ3n) is 5.97. The molecule has 0 amide bonds. The molecule has 35 heavy (non-hydrogen) atoms. The van der Waals surface area contributed by atoms with E-state index in [1.165, 1.54) is 0 Å². The Labute approximate surface area is 199 Å². The standard InChI is InChI=1S/C26H23F2N3O4/c1-15-12-20(23(32)14-35-26(34)18-10-11-21(27)22(28)13-18)16(2)30(15)24-17(3)29(4)31(25(24)33)19-8-6-5-7-9-19/h5-13H,14H2,1-4H3. The second-order valence-electron chi connectivity index (χ2n) is 8.16. The van der Waals surface area contributed by atoms with Gasteiger partial charge in [-0.2, -0.15) is 0 Å². The van der Waals surface area contributed by atoms with Crippen molar-refractivity contribution in [3.63, 3.8) is 0 Å². The SMILES string of the molecule is Cc1cc(C(=O)COC(=O)c2ccc(F)c(F)c2)c(C)n1-c1c(C)n(C)n(-c2ccccc2)c1=O. The van der Waals surface area contributed by atoms with Crippen molar-refractivity contribution in [2.24, 2.45) is 7.05 Å². The van der Waals surface area contributed by atoms with Crippen molar-refractivity contribution in [2.45, 2.75) is 20.8 Å². The van der Waals surface area contributed by atoms with Crippen LogP contribution in [-0.4, -0.2) is 32.3 Å². The number of hydrogen-bond acceptors (Lipinski definition) is 4. The number of carbonyl (C=O) groups is 2. The number of aromatic nitrogens is 3. The van der Waals surface area contributed by atoms with Crippen molar-refractivity contribution < 1.29 is 23.1 Å². The first-order chi connectivity index (χ1) is 16.6. The lowest BCUT2D eigenvalue weighted by Gasteiger charge is -2.09. The molecule has 180 valence electrons. The third-order valence-corrected chi connectivity index (χ3v) is 5.97. The topological polar surface area (TPSA) is 75.2 Å². The molecule has 0 aliphatic rings. The van der Waals surface area contributed by atoms with Gasteiger partial charge < -0.3 is 9.30 Å². The summed E-state index contributed by atoms with van der Waals surface area (Å²) < 4.78 is 36.5. The Morgan fingerprint density at radius 1 is 0.914 bits per heavy atom. The Hall–Kier alpha value is -4.27. The van der Waals surface area contributed by atoms with Crippen molar-refractivity contribution in [3.8, 4) is 11.4 Å². The van der Waals surface area contributed by atoms with Crippen molar-refractivity contribution in [3.05, 3.63) is 105 Å². The molecule has 7 nitrogen and oxygen atoms in total. The maximum atomic E-state index is 13.4. The normalized spacial score (nSPS) is 11.0. The maximum Gasteiger partial charge on any atom is 0.338 e. The monoisotopic (exact) mass is 479 g/mol. The highest BCUT2D eigenvalue weighted by atomic mass is 19.2.